The SMILES string of the molecule is CCCCCC[C@](O)(CN1CCO[C@H](C(=O)NC)C1)C(=O)OC. The first-order valence-electron chi connectivity index (χ1n) is 8.33. The van der Waals surface area contributed by atoms with Crippen LogP contribution >= 0.6 is 0 Å². The third kappa shape index (κ3) is 6.08. The summed E-state index contributed by atoms with van der Waals surface area (Å²) in [6.45, 7) is 3.59. The summed E-state index contributed by atoms with van der Waals surface area (Å²) in [5.74, 6) is -0.809. The van der Waals surface area contributed by atoms with E-state index in [-0.39, 0.29) is 12.5 Å². The minimum Gasteiger partial charge on any atom is -0.467 e. The fourth-order valence-electron chi connectivity index (χ4n) is 2.82. The van der Waals surface area contributed by atoms with Crippen LogP contribution in [0, 0.1) is 0 Å². The number of amides is 1. The second-order valence-electron chi connectivity index (χ2n) is 6.04. The molecule has 1 aliphatic rings. The normalized spacial score (nSPS) is 21.5. The van der Waals surface area contributed by atoms with Crippen molar-refractivity contribution in [1.29, 1.82) is 0 Å². The molecule has 2 N–H and O–H groups in total. The molecule has 1 fully saturated rings. The molecule has 0 unspecified atom stereocenters. The van der Waals surface area contributed by atoms with Gasteiger partial charge in [-0.25, -0.2) is 4.79 Å². The number of esters is 1. The molecule has 1 heterocycles. The van der Waals surface area contributed by atoms with Crippen molar-refractivity contribution >= 4 is 11.9 Å². The zero-order chi connectivity index (χ0) is 17.3. The molecule has 1 saturated heterocycles. The molecular formula is C16H30N2O5. The third-order valence-electron chi connectivity index (χ3n) is 4.18. The van der Waals surface area contributed by atoms with E-state index in [1.54, 1.807) is 7.05 Å². The Labute approximate surface area is 138 Å². The second kappa shape index (κ2) is 9.85. The van der Waals surface area contributed by atoms with E-state index in [2.05, 4.69) is 12.2 Å². The highest BCUT2D eigenvalue weighted by Gasteiger charge is 2.40. The number of rotatable bonds is 9. The third-order valence-corrected chi connectivity index (χ3v) is 4.18. The van der Waals surface area contributed by atoms with Gasteiger partial charge in [-0.3, -0.25) is 9.69 Å². The summed E-state index contributed by atoms with van der Waals surface area (Å²) in [5, 5.41) is 13.3. The van der Waals surface area contributed by atoms with Crippen molar-refractivity contribution in [3.8, 4) is 0 Å². The van der Waals surface area contributed by atoms with Crippen LogP contribution in [0.2, 0.25) is 0 Å². The average molecular weight is 330 g/mol. The summed E-state index contributed by atoms with van der Waals surface area (Å²) >= 11 is 0. The van der Waals surface area contributed by atoms with Crippen LogP contribution in [0.25, 0.3) is 0 Å². The lowest BCUT2D eigenvalue weighted by Gasteiger charge is -2.36. The van der Waals surface area contributed by atoms with Gasteiger partial charge in [0.1, 0.15) is 6.10 Å². The maximum Gasteiger partial charge on any atom is 0.339 e. The Kier molecular flexibility index (Phi) is 8.51. The summed E-state index contributed by atoms with van der Waals surface area (Å²) in [6.07, 6.45) is 3.70. The molecule has 1 amide bonds. The molecule has 0 aromatic carbocycles. The molecule has 0 aromatic heterocycles. The topological polar surface area (TPSA) is 88.1 Å². The van der Waals surface area contributed by atoms with Gasteiger partial charge in [-0.1, -0.05) is 26.2 Å². The molecule has 0 saturated carbocycles. The van der Waals surface area contributed by atoms with Gasteiger partial charge >= 0.3 is 5.97 Å². The molecule has 0 radical (unpaired) electrons. The lowest BCUT2D eigenvalue weighted by Crippen LogP contribution is -2.56. The van der Waals surface area contributed by atoms with Gasteiger partial charge in [0.15, 0.2) is 5.60 Å². The lowest BCUT2D eigenvalue weighted by molar-refractivity contribution is -0.168. The van der Waals surface area contributed by atoms with Gasteiger partial charge in [-0.15, -0.1) is 0 Å². The number of aliphatic hydroxyl groups is 1. The van der Waals surface area contributed by atoms with E-state index in [1.165, 1.54) is 7.11 Å². The zero-order valence-electron chi connectivity index (χ0n) is 14.5. The summed E-state index contributed by atoms with van der Waals surface area (Å²) in [6, 6.07) is 0. The van der Waals surface area contributed by atoms with Crippen molar-refractivity contribution in [2.75, 3.05) is 40.4 Å². The van der Waals surface area contributed by atoms with Crippen molar-refractivity contribution < 1.29 is 24.2 Å². The first-order valence-corrected chi connectivity index (χ1v) is 8.33. The molecule has 7 nitrogen and oxygen atoms in total. The van der Waals surface area contributed by atoms with Crippen LogP contribution < -0.4 is 5.32 Å². The number of carbonyl (C=O) groups is 2. The fraction of sp³-hybridized carbons (Fsp3) is 0.875. The number of likely N-dealkylation sites (N-methyl/N-ethyl adjacent to an activating group) is 1. The maximum absolute atomic E-state index is 12.0. The Morgan fingerprint density at radius 2 is 2.13 bits per heavy atom. The standard InChI is InChI=1S/C16H30N2O5/c1-4-5-6-7-8-16(21,15(20)22-3)12-18-9-10-23-13(11-18)14(19)17-2/h13,21H,4-12H2,1-3H3,(H,17,19)/t13-,16-/m0/s1. The number of nitrogens with one attached hydrogen (secondary N) is 1. The number of nitrogens with zero attached hydrogens (tertiary/aromatic N) is 1. The van der Waals surface area contributed by atoms with Crippen molar-refractivity contribution in [3.05, 3.63) is 0 Å². The van der Waals surface area contributed by atoms with E-state index >= 15 is 0 Å². The number of carbonyl (C=O) groups excluding carboxylic acids is 2. The van der Waals surface area contributed by atoms with Gasteiger partial charge < -0.3 is 19.9 Å². The molecule has 2 atom stereocenters. The van der Waals surface area contributed by atoms with E-state index in [1.807, 2.05) is 4.90 Å². The highest BCUT2D eigenvalue weighted by atomic mass is 16.5. The van der Waals surface area contributed by atoms with Crippen molar-refractivity contribution in [1.82, 2.24) is 10.2 Å². The number of ether oxygens (including phenoxy) is 2. The Hall–Kier alpha value is -1.18. The highest BCUT2D eigenvalue weighted by Crippen LogP contribution is 2.21. The number of methoxy groups -OCH3 is 1. The molecule has 0 bridgehead atoms. The minimum atomic E-state index is -1.53. The predicted octanol–water partition coefficient (Wildman–Crippen LogP) is 0.308. The van der Waals surface area contributed by atoms with E-state index < -0.39 is 17.7 Å². The van der Waals surface area contributed by atoms with Gasteiger partial charge in [0.2, 0.25) is 5.91 Å². The maximum atomic E-state index is 12.0. The Bertz CT molecular complexity index is 391. The van der Waals surface area contributed by atoms with Gasteiger partial charge in [0, 0.05) is 26.7 Å². The van der Waals surface area contributed by atoms with Crippen molar-refractivity contribution in [2.45, 2.75) is 50.7 Å². The van der Waals surface area contributed by atoms with Crippen LogP contribution in [0.1, 0.15) is 39.0 Å². The number of morpholine rings is 1. The van der Waals surface area contributed by atoms with E-state index in [0.717, 1.165) is 25.7 Å². The van der Waals surface area contributed by atoms with Gasteiger partial charge in [0.05, 0.1) is 13.7 Å². The first kappa shape index (κ1) is 19.9. The van der Waals surface area contributed by atoms with Crippen LogP contribution in [0.15, 0.2) is 0 Å². The molecular weight excluding hydrogens is 300 g/mol. The monoisotopic (exact) mass is 330 g/mol. The molecule has 0 aromatic rings. The molecule has 0 spiro atoms. The van der Waals surface area contributed by atoms with Crippen molar-refractivity contribution in [2.24, 2.45) is 0 Å². The van der Waals surface area contributed by atoms with Gasteiger partial charge in [0.25, 0.3) is 0 Å². The smallest absolute Gasteiger partial charge is 0.339 e. The summed E-state index contributed by atoms with van der Waals surface area (Å²) in [7, 11) is 2.84. The number of β-amino-alcohol motifs (C(OH)–C–C–N with tert-alkyl or cyclic N) is 1. The van der Waals surface area contributed by atoms with Crippen LogP contribution in [0.3, 0.4) is 0 Å². The fourth-order valence-corrected chi connectivity index (χ4v) is 2.82. The minimum absolute atomic E-state index is 0.155. The van der Waals surface area contributed by atoms with Crippen molar-refractivity contribution in [3.63, 3.8) is 0 Å². The average Bonchev–Trinajstić information content (AvgIpc) is 2.57. The molecule has 134 valence electrons. The second-order valence-corrected chi connectivity index (χ2v) is 6.04. The number of hydrogen-bond donors (Lipinski definition) is 2. The number of unbranched alkanes of at least 4 members (excludes halogenated alkanes) is 3. The van der Waals surface area contributed by atoms with Gasteiger partial charge in [-0.2, -0.15) is 0 Å². The molecule has 23 heavy (non-hydrogen) atoms. The Morgan fingerprint density at radius 3 is 2.74 bits per heavy atom. The van der Waals surface area contributed by atoms with Crippen LogP contribution in [0.5, 0.6) is 0 Å². The summed E-state index contributed by atoms with van der Waals surface area (Å²) in [4.78, 5) is 25.6. The molecule has 1 aliphatic heterocycles. The van der Waals surface area contributed by atoms with Crippen LogP contribution in [-0.2, 0) is 19.1 Å². The van der Waals surface area contributed by atoms with Crippen LogP contribution in [-0.4, -0.2) is 74.0 Å². The quantitative estimate of drug-likeness (QED) is 0.467. The van der Waals surface area contributed by atoms with Crippen LogP contribution in [0.4, 0.5) is 0 Å². The summed E-state index contributed by atoms with van der Waals surface area (Å²) in [5.41, 5.74) is -1.53. The first-order chi connectivity index (χ1) is 11.0. The predicted molar refractivity (Wildman–Crippen MR) is 86.0 cm³/mol. The van der Waals surface area contributed by atoms with E-state index in [0.29, 0.717) is 26.1 Å². The Morgan fingerprint density at radius 1 is 1.39 bits per heavy atom. The molecule has 0 aliphatic carbocycles. The zero-order valence-corrected chi connectivity index (χ0v) is 14.5. The Balaban J connectivity index is 2.64. The van der Waals surface area contributed by atoms with E-state index in [9.17, 15) is 14.7 Å². The molecule has 1 rings (SSSR count). The van der Waals surface area contributed by atoms with E-state index in [4.69, 9.17) is 9.47 Å². The van der Waals surface area contributed by atoms with Gasteiger partial charge in [-0.05, 0) is 12.8 Å². The molecule has 7 heteroatoms. The summed E-state index contributed by atoms with van der Waals surface area (Å²) < 4.78 is 10.2. The number of hydrogen-bond acceptors (Lipinski definition) is 6. The highest BCUT2D eigenvalue weighted by molar-refractivity contribution is 5.81. The largest absolute Gasteiger partial charge is 0.467 e. The lowest BCUT2D eigenvalue weighted by atomic mass is 9.94.